The lowest BCUT2D eigenvalue weighted by Crippen LogP contribution is -2.49. The van der Waals surface area contributed by atoms with Crippen LogP contribution in [-0.4, -0.2) is 76.8 Å². The highest BCUT2D eigenvalue weighted by Gasteiger charge is 2.29. The van der Waals surface area contributed by atoms with Crippen molar-refractivity contribution in [1.82, 2.24) is 9.62 Å². The van der Waals surface area contributed by atoms with E-state index in [4.69, 9.17) is 5.26 Å². The second kappa shape index (κ2) is 10.2. The first-order valence-electron chi connectivity index (χ1n) is 11.5. The third-order valence-electron chi connectivity index (χ3n) is 6.50. The van der Waals surface area contributed by atoms with Gasteiger partial charge in [0.1, 0.15) is 5.82 Å². The van der Waals surface area contributed by atoms with Crippen molar-refractivity contribution in [3.8, 4) is 6.07 Å². The molecule has 2 aromatic carbocycles. The topological polar surface area (TPSA) is 117 Å². The molecule has 0 radical (unpaired) electrons. The van der Waals surface area contributed by atoms with Crippen molar-refractivity contribution in [3.63, 3.8) is 0 Å². The fourth-order valence-corrected chi connectivity index (χ4v) is 5.33. The van der Waals surface area contributed by atoms with Crippen LogP contribution in [0.5, 0.6) is 0 Å². The molecule has 4 rings (SSSR count). The second-order valence-electron chi connectivity index (χ2n) is 8.69. The zero-order valence-electron chi connectivity index (χ0n) is 19.4. The fourth-order valence-electron chi connectivity index (χ4n) is 4.57. The number of piperidine rings is 1. The first-order chi connectivity index (χ1) is 16.7. The number of hydrogen-bond acceptors (Lipinski definition) is 7. The zero-order valence-corrected chi connectivity index (χ0v) is 20.3. The van der Waals surface area contributed by atoms with Gasteiger partial charge in [-0.25, -0.2) is 17.5 Å². The van der Waals surface area contributed by atoms with E-state index in [2.05, 4.69) is 4.72 Å². The van der Waals surface area contributed by atoms with Gasteiger partial charge in [0.15, 0.2) is 0 Å². The number of β-amino-alcohol motifs (C(OH)–C–C–N with tert-alkyl or cyclic N) is 1. The molecule has 1 atom stereocenters. The standard InChI is InChI=1S/C24H28FN5O4S/c1-27-35(33,34)19-5-7-22(30-8-2-3-18(31)16-30)20(14-19)24(32)29-11-9-28(10-12-29)23-6-4-17(15-26)13-21(23)25/h4-7,13-14,18,27,31H,2-3,8-12,16H2,1H3. The van der Waals surface area contributed by atoms with Gasteiger partial charge in [0.25, 0.3) is 5.91 Å². The van der Waals surface area contributed by atoms with E-state index >= 15 is 0 Å². The molecule has 9 nitrogen and oxygen atoms in total. The summed E-state index contributed by atoms with van der Waals surface area (Å²) in [7, 11) is -2.45. The molecule has 2 aromatic rings. The van der Waals surface area contributed by atoms with E-state index in [0.29, 0.717) is 57.1 Å². The number of anilines is 2. The summed E-state index contributed by atoms with van der Waals surface area (Å²) < 4.78 is 41.6. The van der Waals surface area contributed by atoms with E-state index in [9.17, 15) is 22.7 Å². The van der Waals surface area contributed by atoms with Crippen LogP contribution in [0.3, 0.4) is 0 Å². The number of hydrogen-bond donors (Lipinski definition) is 2. The van der Waals surface area contributed by atoms with E-state index in [-0.39, 0.29) is 21.9 Å². The third kappa shape index (κ3) is 5.24. The maximum Gasteiger partial charge on any atom is 0.256 e. The van der Waals surface area contributed by atoms with E-state index in [1.54, 1.807) is 23.1 Å². The summed E-state index contributed by atoms with van der Waals surface area (Å²) in [6, 6.07) is 10.7. The van der Waals surface area contributed by atoms with Crippen molar-refractivity contribution >= 4 is 27.3 Å². The SMILES string of the molecule is CNS(=O)(=O)c1ccc(N2CCCC(O)C2)c(C(=O)N2CCN(c3ccc(C#N)cc3F)CC2)c1. The molecule has 35 heavy (non-hydrogen) atoms. The van der Waals surface area contributed by atoms with Crippen molar-refractivity contribution in [3.05, 3.63) is 53.3 Å². The van der Waals surface area contributed by atoms with Crippen LogP contribution < -0.4 is 14.5 Å². The quantitative estimate of drug-likeness (QED) is 0.638. The maximum atomic E-state index is 14.5. The normalized spacial score (nSPS) is 18.9. The smallest absolute Gasteiger partial charge is 0.256 e. The molecular formula is C24H28FN5O4S. The predicted octanol–water partition coefficient (Wildman–Crippen LogP) is 1.53. The van der Waals surface area contributed by atoms with Gasteiger partial charge < -0.3 is 19.8 Å². The summed E-state index contributed by atoms with van der Waals surface area (Å²) >= 11 is 0. The van der Waals surface area contributed by atoms with Crippen molar-refractivity contribution in [2.45, 2.75) is 23.8 Å². The number of aliphatic hydroxyl groups is 1. The van der Waals surface area contributed by atoms with Gasteiger partial charge in [0.2, 0.25) is 10.0 Å². The molecule has 0 saturated carbocycles. The Kier molecular flexibility index (Phi) is 7.25. The summed E-state index contributed by atoms with van der Waals surface area (Å²) in [6.07, 6.45) is 0.929. The molecule has 2 heterocycles. The fraction of sp³-hybridized carbons (Fsp3) is 0.417. The van der Waals surface area contributed by atoms with Gasteiger partial charge in [0.05, 0.1) is 33.9 Å². The molecule has 2 saturated heterocycles. The second-order valence-corrected chi connectivity index (χ2v) is 10.6. The summed E-state index contributed by atoms with van der Waals surface area (Å²) in [4.78, 5) is 19.0. The minimum absolute atomic E-state index is 0.0112. The number of carbonyl (C=O) groups is 1. The molecule has 0 aromatic heterocycles. The van der Waals surface area contributed by atoms with Crippen LogP contribution in [0.4, 0.5) is 15.8 Å². The Balaban J connectivity index is 1.58. The summed E-state index contributed by atoms with van der Waals surface area (Å²) in [5.74, 6) is -0.798. The molecular weight excluding hydrogens is 473 g/mol. The number of nitrogens with zero attached hydrogens (tertiary/aromatic N) is 4. The van der Waals surface area contributed by atoms with Gasteiger partial charge in [-0.05, 0) is 56.3 Å². The van der Waals surface area contributed by atoms with Crippen LogP contribution in [0.15, 0.2) is 41.3 Å². The Morgan fingerprint density at radius 1 is 1.09 bits per heavy atom. The molecule has 1 amide bonds. The number of aliphatic hydroxyl groups excluding tert-OH is 1. The number of carbonyl (C=O) groups excluding carboxylic acids is 1. The van der Waals surface area contributed by atoms with Gasteiger partial charge in [-0.15, -0.1) is 0 Å². The van der Waals surface area contributed by atoms with Crippen LogP contribution in [0.1, 0.15) is 28.8 Å². The summed E-state index contributed by atoms with van der Waals surface area (Å²) in [6.45, 7) is 2.44. The Morgan fingerprint density at radius 3 is 2.43 bits per heavy atom. The third-order valence-corrected chi connectivity index (χ3v) is 7.91. The number of nitriles is 1. The molecule has 2 aliphatic heterocycles. The lowest BCUT2D eigenvalue weighted by molar-refractivity contribution is 0.0746. The number of benzene rings is 2. The highest BCUT2D eigenvalue weighted by molar-refractivity contribution is 7.89. The van der Waals surface area contributed by atoms with Crippen LogP contribution in [0.25, 0.3) is 0 Å². The van der Waals surface area contributed by atoms with Crippen LogP contribution in [-0.2, 0) is 10.0 Å². The Bertz CT molecular complexity index is 1260. The minimum atomic E-state index is -3.76. The lowest BCUT2D eigenvalue weighted by atomic mass is 10.0. The number of piperazine rings is 1. The predicted molar refractivity (Wildman–Crippen MR) is 129 cm³/mol. The van der Waals surface area contributed by atoms with Crippen molar-refractivity contribution in [2.24, 2.45) is 0 Å². The first kappa shape index (κ1) is 24.9. The summed E-state index contributed by atoms with van der Waals surface area (Å²) in [5.41, 5.74) is 1.46. The number of rotatable bonds is 5. The van der Waals surface area contributed by atoms with Gasteiger partial charge in [-0.2, -0.15) is 5.26 Å². The van der Waals surface area contributed by atoms with E-state index in [0.717, 1.165) is 6.42 Å². The Hall–Kier alpha value is -3.20. The van der Waals surface area contributed by atoms with Crippen LogP contribution in [0.2, 0.25) is 0 Å². The highest BCUT2D eigenvalue weighted by Crippen LogP contribution is 2.29. The van der Waals surface area contributed by atoms with Crippen molar-refractivity contribution in [2.75, 3.05) is 56.1 Å². The van der Waals surface area contributed by atoms with Crippen LogP contribution in [0, 0.1) is 17.1 Å². The van der Waals surface area contributed by atoms with Gasteiger partial charge in [-0.3, -0.25) is 4.79 Å². The zero-order chi connectivity index (χ0) is 25.2. The first-order valence-corrected chi connectivity index (χ1v) is 13.0. The van der Waals surface area contributed by atoms with Gasteiger partial charge in [-0.1, -0.05) is 0 Å². The van der Waals surface area contributed by atoms with Crippen molar-refractivity contribution in [1.29, 1.82) is 5.26 Å². The van der Waals surface area contributed by atoms with E-state index in [1.165, 1.54) is 25.2 Å². The number of nitrogens with one attached hydrogen (secondary N) is 1. The largest absolute Gasteiger partial charge is 0.391 e. The number of amides is 1. The highest BCUT2D eigenvalue weighted by atomic mass is 32.2. The average molecular weight is 502 g/mol. The molecule has 0 spiro atoms. The molecule has 186 valence electrons. The molecule has 0 aliphatic carbocycles. The van der Waals surface area contributed by atoms with Gasteiger partial charge >= 0.3 is 0 Å². The monoisotopic (exact) mass is 501 g/mol. The van der Waals surface area contributed by atoms with Gasteiger partial charge in [0, 0.05) is 45.0 Å². The Labute approximate surface area is 204 Å². The Morgan fingerprint density at radius 2 is 1.80 bits per heavy atom. The molecule has 2 aliphatic rings. The van der Waals surface area contributed by atoms with Crippen molar-refractivity contribution < 1.29 is 22.7 Å². The molecule has 2 N–H and O–H groups in total. The van der Waals surface area contributed by atoms with E-state index in [1.807, 2.05) is 15.9 Å². The number of sulfonamides is 1. The lowest BCUT2D eigenvalue weighted by Gasteiger charge is -2.38. The average Bonchev–Trinajstić information content (AvgIpc) is 2.88. The molecule has 1 unspecified atom stereocenters. The summed E-state index contributed by atoms with van der Waals surface area (Å²) in [5, 5.41) is 19.1. The van der Waals surface area contributed by atoms with E-state index < -0.39 is 21.9 Å². The number of halogens is 1. The van der Waals surface area contributed by atoms with Crippen LogP contribution >= 0.6 is 0 Å². The molecule has 2 fully saturated rings. The minimum Gasteiger partial charge on any atom is -0.391 e. The molecule has 0 bridgehead atoms. The maximum absolute atomic E-state index is 14.5. The molecule has 11 heteroatoms.